The molecule has 1 amide bonds. The van der Waals surface area contributed by atoms with Crippen LogP contribution in [0.15, 0.2) is 17.5 Å². The Morgan fingerprint density at radius 2 is 2.31 bits per heavy atom. The third-order valence-corrected chi connectivity index (χ3v) is 2.68. The molecule has 1 aromatic heterocycles. The lowest BCUT2D eigenvalue weighted by atomic mass is 10.2. The summed E-state index contributed by atoms with van der Waals surface area (Å²) in [4.78, 5) is 12.1. The largest absolute Gasteiger partial charge is 0.444 e. The van der Waals surface area contributed by atoms with Crippen LogP contribution in [0.25, 0.3) is 0 Å². The number of ether oxygens (including phenoxy) is 1. The van der Waals surface area contributed by atoms with E-state index < -0.39 is 17.8 Å². The molecule has 0 aliphatic rings. The van der Waals surface area contributed by atoms with Gasteiger partial charge in [0.2, 0.25) is 0 Å². The Morgan fingerprint density at radius 3 is 2.81 bits per heavy atom. The van der Waals surface area contributed by atoms with Gasteiger partial charge in [0.05, 0.1) is 6.54 Å². The maximum Gasteiger partial charge on any atom is 0.407 e. The lowest BCUT2D eigenvalue weighted by Crippen LogP contribution is -2.34. The molecular formula is C11H17NO3S. The van der Waals surface area contributed by atoms with Crippen molar-refractivity contribution < 1.29 is 14.6 Å². The molecule has 0 bridgehead atoms. The van der Waals surface area contributed by atoms with Gasteiger partial charge in [0.15, 0.2) is 0 Å². The molecule has 0 spiro atoms. The normalized spacial score (nSPS) is 13.2. The molecule has 1 atom stereocenters. The Bertz CT molecular complexity index is 329. The highest BCUT2D eigenvalue weighted by atomic mass is 32.1. The van der Waals surface area contributed by atoms with Gasteiger partial charge in [-0.25, -0.2) is 4.79 Å². The highest BCUT2D eigenvalue weighted by molar-refractivity contribution is 7.10. The molecule has 16 heavy (non-hydrogen) atoms. The molecular weight excluding hydrogens is 226 g/mol. The van der Waals surface area contributed by atoms with Gasteiger partial charge in [-0.05, 0) is 32.2 Å². The van der Waals surface area contributed by atoms with Gasteiger partial charge in [-0.2, -0.15) is 0 Å². The van der Waals surface area contributed by atoms with Gasteiger partial charge in [-0.3, -0.25) is 0 Å². The van der Waals surface area contributed by atoms with Gasteiger partial charge in [-0.1, -0.05) is 6.07 Å². The van der Waals surface area contributed by atoms with Crippen LogP contribution >= 0.6 is 11.3 Å². The average molecular weight is 243 g/mol. The second kappa shape index (κ2) is 5.32. The van der Waals surface area contributed by atoms with Crippen molar-refractivity contribution in [3.05, 3.63) is 22.4 Å². The molecule has 0 saturated heterocycles. The lowest BCUT2D eigenvalue weighted by Gasteiger charge is -2.20. The summed E-state index contributed by atoms with van der Waals surface area (Å²) in [5, 5.41) is 14.1. The highest BCUT2D eigenvalue weighted by Crippen LogP contribution is 2.17. The minimum absolute atomic E-state index is 0.162. The first-order valence-corrected chi connectivity index (χ1v) is 5.95. The van der Waals surface area contributed by atoms with Crippen LogP contribution in [-0.4, -0.2) is 23.3 Å². The van der Waals surface area contributed by atoms with Crippen molar-refractivity contribution >= 4 is 17.4 Å². The van der Waals surface area contributed by atoms with Crippen LogP contribution in [0.4, 0.5) is 4.79 Å². The van der Waals surface area contributed by atoms with Crippen molar-refractivity contribution in [3.8, 4) is 0 Å². The maximum atomic E-state index is 11.3. The zero-order valence-electron chi connectivity index (χ0n) is 9.69. The molecule has 2 N–H and O–H groups in total. The minimum Gasteiger partial charge on any atom is -0.444 e. The molecule has 0 saturated carbocycles. The summed E-state index contributed by atoms with van der Waals surface area (Å²) in [5.74, 6) is 0. The summed E-state index contributed by atoms with van der Waals surface area (Å²) in [5.41, 5.74) is -0.516. The molecule has 1 heterocycles. The lowest BCUT2D eigenvalue weighted by molar-refractivity contribution is 0.0493. The fraction of sp³-hybridized carbons (Fsp3) is 0.545. The molecule has 0 aromatic carbocycles. The number of hydrogen-bond acceptors (Lipinski definition) is 4. The summed E-state index contributed by atoms with van der Waals surface area (Å²) in [6, 6.07) is 3.68. The Hall–Kier alpha value is -1.07. The van der Waals surface area contributed by atoms with E-state index in [1.807, 2.05) is 17.5 Å². The molecule has 4 nitrogen and oxygen atoms in total. The number of nitrogens with one attached hydrogen (secondary N) is 1. The van der Waals surface area contributed by atoms with E-state index >= 15 is 0 Å². The van der Waals surface area contributed by atoms with Crippen LogP contribution in [0.1, 0.15) is 31.8 Å². The van der Waals surface area contributed by atoms with E-state index in [2.05, 4.69) is 5.32 Å². The summed E-state index contributed by atoms with van der Waals surface area (Å²) in [6.07, 6.45) is -1.18. The predicted molar refractivity (Wildman–Crippen MR) is 63.5 cm³/mol. The molecule has 0 aliphatic carbocycles. The Balaban J connectivity index is 2.32. The van der Waals surface area contributed by atoms with Crippen molar-refractivity contribution in [1.29, 1.82) is 0 Å². The number of aliphatic hydroxyl groups is 1. The summed E-state index contributed by atoms with van der Waals surface area (Å²) in [7, 11) is 0. The molecule has 0 fully saturated rings. The van der Waals surface area contributed by atoms with Gasteiger partial charge < -0.3 is 15.2 Å². The van der Waals surface area contributed by atoms with Gasteiger partial charge >= 0.3 is 6.09 Å². The minimum atomic E-state index is -0.674. The monoisotopic (exact) mass is 243 g/mol. The zero-order chi connectivity index (χ0) is 12.2. The maximum absolute atomic E-state index is 11.3. The quantitative estimate of drug-likeness (QED) is 0.856. The van der Waals surface area contributed by atoms with Crippen molar-refractivity contribution in [1.82, 2.24) is 5.32 Å². The van der Waals surface area contributed by atoms with Crippen molar-refractivity contribution in [2.75, 3.05) is 6.54 Å². The van der Waals surface area contributed by atoms with Gasteiger partial charge in [0.25, 0.3) is 0 Å². The molecule has 0 radical (unpaired) electrons. The second-order valence-electron chi connectivity index (χ2n) is 4.41. The second-order valence-corrected chi connectivity index (χ2v) is 5.39. The molecule has 0 aliphatic heterocycles. The Labute approximate surface area is 99.2 Å². The highest BCUT2D eigenvalue weighted by Gasteiger charge is 2.17. The summed E-state index contributed by atoms with van der Waals surface area (Å²) in [6.45, 7) is 5.54. The van der Waals surface area contributed by atoms with Crippen molar-refractivity contribution in [2.24, 2.45) is 0 Å². The van der Waals surface area contributed by atoms with Gasteiger partial charge in [-0.15, -0.1) is 11.3 Å². The van der Waals surface area contributed by atoms with Crippen LogP contribution in [0.2, 0.25) is 0 Å². The number of carbonyl (C=O) groups is 1. The van der Waals surface area contributed by atoms with E-state index in [0.717, 1.165) is 4.88 Å². The number of aliphatic hydroxyl groups excluding tert-OH is 1. The number of carbonyl (C=O) groups excluding carboxylic acids is 1. The summed E-state index contributed by atoms with van der Waals surface area (Å²) >= 11 is 1.45. The van der Waals surface area contributed by atoms with Crippen molar-refractivity contribution in [3.63, 3.8) is 0 Å². The fourth-order valence-electron chi connectivity index (χ4n) is 1.08. The number of thiophene rings is 1. The average Bonchev–Trinajstić information content (AvgIpc) is 2.64. The SMILES string of the molecule is CC(C)(C)OC(=O)NC[C@H](O)c1cccs1. The third-order valence-electron chi connectivity index (χ3n) is 1.71. The number of hydrogen-bond donors (Lipinski definition) is 2. The van der Waals surface area contributed by atoms with Crippen LogP contribution in [0.5, 0.6) is 0 Å². The molecule has 90 valence electrons. The Morgan fingerprint density at radius 1 is 1.62 bits per heavy atom. The van der Waals surface area contributed by atoms with Crippen LogP contribution in [0.3, 0.4) is 0 Å². The fourth-order valence-corrected chi connectivity index (χ4v) is 1.79. The first-order valence-electron chi connectivity index (χ1n) is 5.07. The molecule has 0 unspecified atom stereocenters. The smallest absolute Gasteiger partial charge is 0.407 e. The van der Waals surface area contributed by atoms with Gasteiger partial charge in [0, 0.05) is 4.88 Å². The molecule has 1 rings (SSSR count). The molecule has 5 heteroatoms. The summed E-state index contributed by atoms with van der Waals surface area (Å²) < 4.78 is 5.05. The van der Waals surface area contributed by atoms with Gasteiger partial charge in [0.1, 0.15) is 11.7 Å². The van der Waals surface area contributed by atoms with Crippen LogP contribution < -0.4 is 5.32 Å². The third kappa shape index (κ3) is 4.63. The number of amides is 1. The van der Waals surface area contributed by atoms with E-state index in [1.54, 1.807) is 20.8 Å². The van der Waals surface area contributed by atoms with E-state index in [0.29, 0.717) is 0 Å². The number of rotatable bonds is 3. The zero-order valence-corrected chi connectivity index (χ0v) is 10.5. The topological polar surface area (TPSA) is 58.6 Å². The van der Waals surface area contributed by atoms with Crippen molar-refractivity contribution in [2.45, 2.75) is 32.5 Å². The van der Waals surface area contributed by atoms with E-state index in [9.17, 15) is 9.90 Å². The van der Waals surface area contributed by atoms with E-state index in [-0.39, 0.29) is 6.54 Å². The standard InChI is InChI=1S/C11H17NO3S/c1-11(2,3)15-10(14)12-7-8(13)9-5-4-6-16-9/h4-6,8,13H,7H2,1-3H3,(H,12,14)/t8-/m0/s1. The first-order chi connectivity index (χ1) is 7.38. The molecule has 1 aromatic rings. The van der Waals surface area contributed by atoms with Crippen LogP contribution in [-0.2, 0) is 4.74 Å². The first kappa shape index (κ1) is 13.0. The van der Waals surface area contributed by atoms with E-state index in [4.69, 9.17) is 4.74 Å². The Kier molecular flexibility index (Phi) is 4.32. The predicted octanol–water partition coefficient (Wildman–Crippen LogP) is 2.31. The van der Waals surface area contributed by atoms with Crippen LogP contribution in [0, 0.1) is 0 Å². The van der Waals surface area contributed by atoms with E-state index in [1.165, 1.54) is 11.3 Å². The number of alkyl carbamates (subject to hydrolysis) is 1.